The van der Waals surface area contributed by atoms with E-state index in [2.05, 4.69) is 58.8 Å². The second-order valence-corrected chi connectivity index (χ2v) is 9.64. The third kappa shape index (κ3) is 3.31. The van der Waals surface area contributed by atoms with E-state index in [9.17, 15) is 0 Å². The van der Waals surface area contributed by atoms with Gasteiger partial charge in [-0.25, -0.2) is 4.98 Å². The lowest BCUT2D eigenvalue weighted by Crippen LogP contribution is -2.12. The fourth-order valence-electron chi connectivity index (χ4n) is 1.29. The van der Waals surface area contributed by atoms with Crippen LogP contribution in [-0.2, 0) is 11.8 Å². The first-order chi connectivity index (χ1) is 8.40. The van der Waals surface area contributed by atoms with Gasteiger partial charge in [0.25, 0.3) is 0 Å². The molecule has 0 atom stereocenters. The molecule has 0 aliphatic carbocycles. The molecule has 18 heavy (non-hydrogen) atoms. The van der Waals surface area contributed by atoms with Crippen molar-refractivity contribution >= 4 is 50.4 Å². The van der Waals surface area contributed by atoms with E-state index >= 15 is 0 Å². The van der Waals surface area contributed by atoms with Gasteiger partial charge in [0, 0.05) is 5.41 Å². The van der Waals surface area contributed by atoms with Crippen LogP contribution in [0, 0.1) is 0 Å². The number of halogens is 1. The van der Waals surface area contributed by atoms with Gasteiger partial charge in [0.1, 0.15) is 5.01 Å². The zero-order valence-electron chi connectivity index (χ0n) is 10.7. The summed E-state index contributed by atoms with van der Waals surface area (Å²) >= 11 is 8.50. The van der Waals surface area contributed by atoms with Gasteiger partial charge in [0.15, 0.2) is 8.68 Å². The second kappa shape index (κ2) is 5.56. The molecule has 2 heterocycles. The Hall–Kier alpha value is 0.0200. The van der Waals surface area contributed by atoms with Crippen molar-refractivity contribution in [3.63, 3.8) is 0 Å². The monoisotopic (exact) mass is 363 g/mol. The number of hydrogen-bond donors (Lipinski definition) is 0. The number of aryl methyl sites for hydroxylation is 1. The summed E-state index contributed by atoms with van der Waals surface area (Å²) in [5.41, 5.74) is 1.17. The van der Waals surface area contributed by atoms with E-state index in [1.165, 1.54) is 0 Å². The molecule has 98 valence electrons. The summed E-state index contributed by atoms with van der Waals surface area (Å²) in [4.78, 5) is 4.68. The van der Waals surface area contributed by atoms with Gasteiger partial charge < -0.3 is 0 Å². The van der Waals surface area contributed by atoms with E-state index < -0.39 is 0 Å². The Balaban J connectivity index is 2.20. The standard InChI is InChI=1S/C11H14BrN3S3/c1-5-6-14-15-10(16-6)18-9-13-7(8(12)17-9)11(2,3)4/h5H2,1-4H3. The molecule has 0 saturated heterocycles. The van der Waals surface area contributed by atoms with Gasteiger partial charge in [-0.3, -0.25) is 0 Å². The van der Waals surface area contributed by atoms with Crippen LogP contribution in [0.1, 0.15) is 38.4 Å². The van der Waals surface area contributed by atoms with E-state index in [0.29, 0.717) is 0 Å². The maximum Gasteiger partial charge on any atom is 0.181 e. The number of nitrogens with zero attached hydrogens (tertiary/aromatic N) is 3. The van der Waals surface area contributed by atoms with Crippen LogP contribution in [-0.4, -0.2) is 15.2 Å². The lowest BCUT2D eigenvalue weighted by molar-refractivity contribution is 0.567. The molecular weight excluding hydrogens is 350 g/mol. The average Bonchev–Trinajstić information content (AvgIpc) is 2.84. The Morgan fingerprint density at radius 3 is 2.39 bits per heavy atom. The van der Waals surface area contributed by atoms with Crippen LogP contribution in [0.5, 0.6) is 0 Å². The van der Waals surface area contributed by atoms with E-state index in [1.54, 1.807) is 34.4 Å². The smallest absolute Gasteiger partial charge is 0.181 e. The highest BCUT2D eigenvalue weighted by Crippen LogP contribution is 2.40. The summed E-state index contributed by atoms with van der Waals surface area (Å²) in [5, 5.41) is 9.36. The third-order valence-corrected chi connectivity index (χ3v) is 6.09. The first kappa shape index (κ1) is 14.4. The molecule has 0 saturated carbocycles. The molecule has 7 heteroatoms. The largest absolute Gasteiger partial charge is 0.232 e. The molecule has 2 aromatic rings. The molecule has 0 unspecified atom stereocenters. The Bertz CT molecular complexity index is 542. The molecule has 0 bridgehead atoms. The second-order valence-electron chi connectivity index (χ2n) is 4.77. The number of rotatable bonds is 3. The minimum absolute atomic E-state index is 0.0594. The predicted octanol–water partition coefficient (Wildman–Crippen LogP) is 4.77. The average molecular weight is 364 g/mol. The first-order valence-electron chi connectivity index (χ1n) is 5.57. The maximum absolute atomic E-state index is 4.68. The van der Waals surface area contributed by atoms with E-state index in [1.807, 2.05) is 0 Å². The summed E-state index contributed by atoms with van der Waals surface area (Å²) in [7, 11) is 0. The number of thiazole rings is 1. The van der Waals surface area contributed by atoms with Crippen LogP contribution in [0.25, 0.3) is 0 Å². The Kier molecular flexibility index (Phi) is 4.46. The van der Waals surface area contributed by atoms with E-state index in [-0.39, 0.29) is 5.41 Å². The number of hydrogen-bond acceptors (Lipinski definition) is 6. The van der Waals surface area contributed by atoms with Crippen molar-refractivity contribution in [1.82, 2.24) is 15.2 Å². The third-order valence-electron chi connectivity index (χ3n) is 2.20. The highest BCUT2D eigenvalue weighted by molar-refractivity contribution is 9.11. The maximum atomic E-state index is 4.68. The summed E-state index contributed by atoms with van der Waals surface area (Å²) in [6, 6.07) is 0. The molecular formula is C11H14BrN3S3. The van der Waals surface area contributed by atoms with E-state index in [0.717, 1.165) is 29.6 Å². The minimum Gasteiger partial charge on any atom is -0.232 e. The van der Waals surface area contributed by atoms with Crippen molar-refractivity contribution < 1.29 is 0 Å². The predicted molar refractivity (Wildman–Crippen MR) is 81.9 cm³/mol. The molecule has 0 radical (unpaired) electrons. The zero-order chi connectivity index (χ0) is 13.3. The van der Waals surface area contributed by atoms with Gasteiger partial charge >= 0.3 is 0 Å². The lowest BCUT2D eigenvalue weighted by atomic mass is 9.93. The van der Waals surface area contributed by atoms with Gasteiger partial charge in [0.2, 0.25) is 0 Å². The van der Waals surface area contributed by atoms with Crippen molar-refractivity contribution in [1.29, 1.82) is 0 Å². The molecule has 0 aliphatic heterocycles. The Labute approximate surface area is 128 Å². The van der Waals surface area contributed by atoms with Gasteiger partial charge in [-0.05, 0) is 34.1 Å². The van der Waals surface area contributed by atoms with E-state index in [4.69, 9.17) is 0 Å². The topological polar surface area (TPSA) is 38.7 Å². The highest BCUT2D eigenvalue weighted by Gasteiger charge is 2.22. The van der Waals surface area contributed by atoms with Crippen molar-refractivity contribution in [3.05, 3.63) is 14.5 Å². The molecule has 0 N–H and O–H groups in total. The van der Waals surface area contributed by atoms with Crippen molar-refractivity contribution in [2.24, 2.45) is 0 Å². The molecule has 3 nitrogen and oxygen atoms in total. The minimum atomic E-state index is 0.0594. The van der Waals surface area contributed by atoms with Crippen molar-refractivity contribution in [3.8, 4) is 0 Å². The van der Waals surface area contributed by atoms with Crippen LogP contribution in [0.2, 0.25) is 0 Å². The van der Waals surface area contributed by atoms with Crippen LogP contribution >= 0.6 is 50.4 Å². The van der Waals surface area contributed by atoms with Gasteiger partial charge in [-0.15, -0.1) is 10.2 Å². The highest BCUT2D eigenvalue weighted by atomic mass is 79.9. The summed E-state index contributed by atoms with van der Waals surface area (Å²) < 4.78 is 3.09. The van der Waals surface area contributed by atoms with Crippen molar-refractivity contribution in [2.75, 3.05) is 0 Å². The summed E-state index contributed by atoms with van der Waals surface area (Å²) in [6.07, 6.45) is 0.938. The number of aromatic nitrogens is 3. The Morgan fingerprint density at radius 2 is 1.89 bits per heavy atom. The van der Waals surface area contributed by atoms with Gasteiger partial charge in [0.05, 0.1) is 9.48 Å². The summed E-state index contributed by atoms with van der Waals surface area (Å²) in [6.45, 7) is 8.59. The first-order valence-corrected chi connectivity index (χ1v) is 8.81. The summed E-state index contributed by atoms with van der Waals surface area (Å²) in [5.74, 6) is 0. The molecule has 0 amide bonds. The fourth-order valence-corrected chi connectivity index (χ4v) is 5.87. The molecule has 0 aliphatic rings. The van der Waals surface area contributed by atoms with Crippen molar-refractivity contribution in [2.45, 2.75) is 48.2 Å². The fraction of sp³-hybridized carbons (Fsp3) is 0.545. The molecule has 0 fully saturated rings. The zero-order valence-corrected chi connectivity index (χ0v) is 14.7. The van der Waals surface area contributed by atoms with Crippen LogP contribution in [0.3, 0.4) is 0 Å². The van der Waals surface area contributed by atoms with Crippen LogP contribution < -0.4 is 0 Å². The Morgan fingerprint density at radius 1 is 1.17 bits per heavy atom. The van der Waals surface area contributed by atoms with Crippen LogP contribution in [0.15, 0.2) is 12.5 Å². The van der Waals surface area contributed by atoms with Gasteiger partial charge in [-0.1, -0.05) is 50.4 Å². The normalized spacial score (nSPS) is 12.1. The van der Waals surface area contributed by atoms with Crippen LogP contribution in [0.4, 0.5) is 0 Å². The molecule has 2 aromatic heterocycles. The SMILES string of the molecule is CCc1nnc(Sc2nc(C(C)(C)C)c(Br)s2)s1. The van der Waals surface area contributed by atoms with Gasteiger partial charge in [-0.2, -0.15) is 0 Å². The molecule has 2 rings (SSSR count). The molecule has 0 spiro atoms. The molecule has 0 aromatic carbocycles. The lowest BCUT2D eigenvalue weighted by Gasteiger charge is -2.15. The quantitative estimate of drug-likeness (QED) is 0.787.